The number of carbonyl (C=O) groups excluding carboxylic acids is 1. The van der Waals surface area contributed by atoms with Gasteiger partial charge in [0.15, 0.2) is 15.5 Å². The molecule has 0 spiro atoms. The second-order valence-electron chi connectivity index (χ2n) is 8.60. The van der Waals surface area contributed by atoms with E-state index in [0.717, 1.165) is 17.5 Å². The molecular weight excluding hydrogens is 503 g/mol. The van der Waals surface area contributed by atoms with Crippen LogP contribution in [0.2, 0.25) is 10.0 Å². The molecule has 0 atom stereocenters. The van der Waals surface area contributed by atoms with Crippen LogP contribution in [0.4, 0.5) is 5.69 Å². The summed E-state index contributed by atoms with van der Waals surface area (Å²) in [6.45, 7) is 13.5. The highest BCUT2D eigenvalue weighted by atomic mass is 35.5. The molecule has 1 N–H and O–H groups in total. The Morgan fingerprint density at radius 2 is 1.66 bits per heavy atom. The van der Waals surface area contributed by atoms with Crippen molar-refractivity contribution >= 4 is 44.6 Å². The third-order valence-corrected chi connectivity index (χ3v) is 7.89. The highest BCUT2D eigenvalue weighted by molar-refractivity contribution is 7.91. The van der Waals surface area contributed by atoms with E-state index in [1.807, 2.05) is 12.1 Å². The van der Waals surface area contributed by atoms with E-state index in [2.05, 4.69) is 24.0 Å². The van der Waals surface area contributed by atoms with E-state index in [4.69, 9.17) is 29.8 Å². The van der Waals surface area contributed by atoms with E-state index in [1.54, 1.807) is 37.3 Å². The Kier molecular flexibility index (Phi) is 8.60. The number of nitrogens with one attached hydrogen (secondary N) is 1. The van der Waals surface area contributed by atoms with Gasteiger partial charge in [0.25, 0.3) is 5.91 Å². The topological polar surface area (TPSA) is 67.6 Å². The van der Waals surface area contributed by atoms with Crippen molar-refractivity contribution < 1.29 is 13.2 Å². The largest absolute Gasteiger partial charge is 0.348 e. The zero-order valence-corrected chi connectivity index (χ0v) is 22.1. The van der Waals surface area contributed by atoms with E-state index in [9.17, 15) is 13.2 Å². The molecule has 0 aliphatic rings. The van der Waals surface area contributed by atoms with Gasteiger partial charge < -0.3 is 5.32 Å². The van der Waals surface area contributed by atoms with Crippen LogP contribution in [-0.4, -0.2) is 20.1 Å². The van der Waals surface area contributed by atoms with E-state index in [0.29, 0.717) is 38.3 Å². The van der Waals surface area contributed by atoms with E-state index < -0.39 is 9.84 Å². The van der Waals surface area contributed by atoms with Gasteiger partial charge in [-0.1, -0.05) is 68.2 Å². The fraction of sp³-hybridized carbons (Fsp3) is 0.259. The fourth-order valence-electron chi connectivity index (χ4n) is 3.68. The van der Waals surface area contributed by atoms with Crippen LogP contribution in [-0.2, 0) is 22.8 Å². The molecule has 3 rings (SSSR count). The number of hydrogen-bond donors (Lipinski definition) is 1. The molecule has 0 unspecified atom stereocenters. The lowest BCUT2D eigenvalue weighted by molar-refractivity contribution is 0.0951. The summed E-state index contributed by atoms with van der Waals surface area (Å²) in [5, 5.41) is 3.42. The predicted molar refractivity (Wildman–Crippen MR) is 142 cm³/mol. The van der Waals surface area contributed by atoms with Gasteiger partial charge in [0.05, 0.1) is 27.3 Å². The highest BCUT2D eigenvalue weighted by Gasteiger charge is 2.17. The maximum atomic E-state index is 12.7. The van der Waals surface area contributed by atoms with Gasteiger partial charge in [-0.2, -0.15) is 0 Å². The van der Waals surface area contributed by atoms with Crippen molar-refractivity contribution in [3.63, 3.8) is 0 Å². The second kappa shape index (κ2) is 11.3. The first-order chi connectivity index (χ1) is 16.6. The molecule has 0 fully saturated rings. The Balaban J connectivity index is 1.78. The first-order valence-electron chi connectivity index (χ1n) is 11.2. The van der Waals surface area contributed by atoms with Crippen molar-refractivity contribution in [1.82, 2.24) is 5.32 Å². The molecule has 5 nitrogen and oxygen atoms in total. The molecule has 3 aromatic rings. The zero-order chi connectivity index (χ0) is 25.8. The summed E-state index contributed by atoms with van der Waals surface area (Å²) in [5.41, 5.74) is 3.88. The molecule has 8 heteroatoms. The van der Waals surface area contributed by atoms with Gasteiger partial charge >= 0.3 is 0 Å². The first kappa shape index (κ1) is 26.7. The quantitative estimate of drug-likeness (QED) is 0.316. The van der Waals surface area contributed by atoms with Crippen molar-refractivity contribution in [1.29, 1.82) is 0 Å². The number of sulfone groups is 1. The lowest BCUT2D eigenvalue weighted by Crippen LogP contribution is -2.22. The molecule has 1 amide bonds. The minimum absolute atomic E-state index is 0.0296. The summed E-state index contributed by atoms with van der Waals surface area (Å²) in [6.07, 6.45) is 0.801. The number of carbonyl (C=O) groups is 1. The lowest BCUT2D eigenvalue weighted by atomic mass is 9.96. The third-order valence-electron chi connectivity index (χ3n) is 5.54. The Hall–Kier alpha value is -2.85. The molecule has 35 heavy (non-hydrogen) atoms. The molecule has 0 saturated carbocycles. The summed E-state index contributed by atoms with van der Waals surface area (Å²) in [6, 6.07) is 15.1. The normalized spacial score (nSPS) is 11.3. The first-order valence-corrected chi connectivity index (χ1v) is 13.6. The number of benzene rings is 3. The summed E-state index contributed by atoms with van der Waals surface area (Å²) in [4.78, 5) is 16.6. The molecule has 3 aromatic carbocycles. The number of amides is 1. The third kappa shape index (κ3) is 6.43. The standard InChI is InChI=1S/C27H26Cl2N2O3S/c1-5-35(33,34)22-10-6-18(7-11-22)16-31-27(32)21-13-23(28)26(24(29)14-21)20-9-8-19(12-17(2)3)25(15-20)30-4/h6-11,13-15,17H,5,12,16H2,1-3H3,(H,31,32). The average Bonchev–Trinajstić information content (AvgIpc) is 2.82. The van der Waals surface area contributed by atoms with E-state index in [-0.39, 0.29) is 23.1 Å². The monoisotopic (exact) mass is 528 g/mol. The van der Waals surface area contributed by atoms with Crippen LogP contribution in [0.1, 0.15) is 42.3 Å². The van der Waals surface area contributed by atoms with Crippen molar-refractivity contribution in [2.24, 2.45) is 5.92 Å². The Morgan fingerprint density at radius 1 is 1.03 bits per heavy atom. The molecule has 182 valence electrons. The molecule has 0 radical (unpaired) electrons. The maximum absolute atomic E-state index is 12.7. The van der Waals surface area contributed by atoms with Crippen LogP contribution >= 0.6 is 23.2 Å². The maximum Gasteiger partial charge on any atom is 0.251 e. The smallest absolute Gasteiger partial charge is 0.251 e. The summed E-state index contributed by atoms with van der Waals surface area (Å²) < 4.78 is 23.9. The molecule has 0 heterocycles. The number of hydrogen-bond acceptors (Lipinski definition) is 3. The summed E-state index contributed by atoms with van der Waals surface area (Å²) in [7, 11) is -3.27. The van der Waals surface area contributed by atoms with E-state index in [1.165, 1.54) is 12.1 Å². The van der Waals surface area contributed by atoms with Crippen LogP contribution in [0.15, 0.2) is 59.5 Å². The predicted octanol–water partition coefficient (Wildman–Crippen LogP) is 7.13. The highest BCUT2D eigenvalue weighted by Crippen LogP contribution is 2.38. The fourth-order valence-corrected chi connectivity index (χ4v) is 5.27. The van der Waals surface area contributed by atoms with Crippen LogP contribution in [0, 0.1) is 12.5 Å². The number of rotatable bonds is 8. The molecule has 0 aliphatic carbocycles. The Labute approximate surface area is 216 Å². The summed E-state index contributed by atoms with van der Waals surface area (Å²) >= 11 is 13.1. The number of nitrogens with zero attached hydrogens (tertiary/aromatic N) is 1. The molecule has 0 aromatic heterocycles. The van der Waals surface area contributed by atoms with Gasteiger partial charge in [-0.05, 0) is 59.4 Å². The number of halogens is 2. The molecule has 0 aliphatic heterocycles. The minimum Gasteiger partial charge on any atom is -0.348 e. The Bertz CT molecular complexity index is 1370. The van der Waals surface area contributed by atoms with Crippen LogP contribution < -0.4 is 5.32 Å². The van der Waals surface area contributed by atoms with Gasteiger partial charge in [0.1, 0.15) is 0 Å². The van der Waals surface area contributed by atoms with Crippen molar-refractivity contribution in [3.8, 4) is 11.1 Å². The van der Waals surface area contributed by atoms with Crippen molar-refractivity contribution in [2.45, 2.75) is 38.6 Å². The van der Waals surface area contributed by atoms with Gasteiger partial charge in [0.2, 0.25) is 0 Å². The zero-order valence-electron chi connectivity index (χ0n) is 19.7. The molecule has 0 bridgehead atoms. The Morgan fingerprint density at radius 3 is 2.20 bits per heavy atom. The SMILES string of the molecule is [C-]#[N+]c1cc(-c2c(Cl)cc(C(=O)NCc3ccc(S(=O)(=O)CC)cc3)cc2Cl)ccc1CC(C)C. The second-order valence-corrected chi connectivity index (χ2v) is 11.7. The van der Waals surface area contributed by atoms with Crippen molar-refractivity contribution in [3.05, 3.63) is 92.8 Å². The average molecular weight is 529 g/mol. The van der Waals surface area contributed by atoms with Gasteiger partial charge in [-0.3, -0.25) is 4.79 Å². The van der Waals surface area contributed by atoms with Crippen LogP contribution in [0.25, 0.3) is 16.0 Å². The molecule has 0 saturated heterocycles. The van der Waals surface area contributed by atoms with Gasteiger partial charge in [0, 0.05) is 17.7 Å². The lowest BCUT2D eigenvalue weighted by Gasteiger charge is -2.13. The van der Waals surface area contributed by atoms with Crippen LogP contribution in [0.5, 0.6) is 0 Å². The minimum atomic E-state index is -3.27. The summed E-state index contributed by atoms with van der Waals surface area (Å²) in [5.74, 6) is 0.0929. The van der Waals surface area contributed by atoms with Gasteiger partial charge in [-0.25, -0.2) is 13.3 Å². The van der Waals surface area contributed by atoms with E-state index >= 15 is 0 Å². The van der Waals surface area contributed by atoms with Crippen LogP contribution in [0.3, 0.4) is 0 Å². The van der Waals surface area contributed by atoms with Crippen molar-refractivity contribution in [2.75, 3.05) is 5.75 Å². The molecular formula is C27H26Cl2N2O3S. The van der Waals surface area contributed by atoms with Gasteiger partial charge in [-0.15, -0.1) is 0 Å².